The molecule has 2 aromatic rings. The third-order valence-corrected chi connectivity index (χ3v) is 7.08. The van der Waals surface area contributed by atoms with Crippen LogP contribution in [0.2, 0.25) is 0 Å². The normalized spacial score (nSPS) is 12.3. The van der Waals surface area contributed by atoms with Gasteiger partial charge in [0.25, 0.3) is 10.1 Å². The van der Waals surface area contributed by atoms with Crippen LogP contribution in [0.1, 0.15) is 6.92 Å². The standard InChI is InChI=1S/C19H24N4O12S3/c1-12(24)21-15-8-13(20-11-37(27,28)29)4-5-14(15)22-23-16-9-18(34-3)19(10-17(16)33-2)36(25,26)7-6-35-38(30,31)32/h4-5,8-10,20H,6-7,11H2,1-3H3,(H,21,24)(H,27,28,29)(H,30,31,32). The van der Waals surface area contributed by atoms with Crippen molar-refractivity contribution >= 4 is 59.0 Å². The topological polar surface area (TPSA) is 236 Å². The minimum atomic E-state index is -4.84. The fraction of sp³-hybridized carbons (Fsp3) is 0.316. The minimum absolute atomic E-state index is 0.0137. The molecule has 19 heteroatoms. The zero-order valence-electron chi connectivity index (χ0n) is 20.1. The number of nitrogens with one attached hydrogen (secondary N) is 2. The lowest BCUT2D eigenvalue weighted by Crippen LogP contribution is -2.16. The number of azo groups is 1. The highest BCUT2D eigenvalue weighted by atomic mass is 32.3. The lowest BCUT2D eigenvalue weighted by atomic mass is 10.2. The number of methoxy groups -OCH3 is 2. The lowest BCUT2D eigenvalue weighted by Gasteiger charge is -2.13. The van der Waals surface area contributed by atoms with Crippen LogP contribution in [0.15, 0.2) is 45.5 Å². The van der Waals surface area contributed by atoms with E-state index in [4.69, 9.17) is 18.6 Å². The monoisotopic (exact) mass is 596 g/mol. The Labute approximate surface area is 218 Å². The maximum atomic E-state index is 12.7. The van der Waals surface area contributed by atoms with Crippen molar-refractivity contribution in [1.82, 2.24) is 0 Å². The summed E-state index contributed by atoms with van der Waals surface area (Å²) < 4.78 is 101. The summed E-state index contributed by atoms with van der Waals surface area (Å²) in [6.45, 7) is 0.377. The number of rotatable bonds is 13. The number of carbonyl (C=O) groups excluding carboxylic acids is 1. The molecular formula is C19H24N4O12S3. The second-order valence-electron chi connectivity index (χ2n) is 7.26. The first-order valence-electron chi connectivity index (χ1n) is 10.2. The Morgan fingerprint density at radius 2 is 1.55 bits per heavy atom. The number of ether oxygens (including phenoxy) is 2. The average Bonchev–Trinajstić information content (AvgIpc) is 2.79. The Bertz CT molecular complexity index is 1540. The number of benzene rings is 2. The Kier molecular flexibility index (Phi) is 10.1. The smallest absolute Gasteiger partial charge is 0.397 e. The first kappa shape index (κ1) is 30.9. The van der Waals surface area contributed by atoms with Crippen LogP contribution in [-0.2, 0) is 39.3 Å². The summed E-state index contributed by atoms with van der Waals surface area (Å²) in [5, 5.41) is 13.1. The molecule has 0 spiro atoms. The van der Waals surface area contributed by atoms with Gasteiger partial charge in [-0.15, -0.1) is 10.2 Å². The summed E-state index contributed by atoms with van der Waals surface area (Å²) in [7, 11) is -10.9. The van der Waals surface area contributed by atoms with Crippen molar-refractivity contribution in [2.24, 2.45) is 10.2 Å². The lowest BCUT2D eigenvalue weighted by molar-refractivity contribution is -0.114. The molecule has 0 aliphatic rings. The third kappa shape index (κ3) is 9.50. The molecule has 16 nitrogen and oxygen atoms in total. The molecule has 1 amide bonds. The molecule has 2 aromatic carbocycles. The Balaban J connectivity index is 2.44. The first-order chi connectivity index (χ1) is 17.5. The predicted octanol–water partition coefficient (Wildman–Crippen LogP) is 1.93. The Hall–Kier alpha value is -3.36. The van der Waals surface area contributed by atoms with Crippen LogP contribution in [-0.4, -0.2) is 72.7 Å². The maximum absolute atomic E-state index is 12.7. The molecular weight excluding hydrogens is 572 g/mol. The van der Waals surface area contributed by atoms with E-state index in [2.05, 4.69) is 25.0 Å². The predicted molar refractivity (Wildman–Crippen MR) is 134 cm³/mol. The van der Waals surface area contributed by atoms with Gasteiger partial charge in [-0.1, -0.05) is 0 Å². The summed E-state index contributed by atoms with van der Waals surface area (Å²) in [5.74, 6) is -2.30. The number of sulfone groups is 1. The third-order valence-electron chi connectivity index (χ3n) is 4.42. The van der Waals surface area contributed by atoms with Gasteiger partial charge in [-0.05, 0) is 18.2 Å². The van der Waals surface area contributed by atoms with Gasteiger partial charge in [0, 0.05) is 24.7 Å². The molecule has 38 heavy (non-hydrogen) atoms. The van der Waals surface area contributed by atoms with Gasteiger partial charge in [-0.25, -0.2) is 12.6 Å². The number of hydrogen-bond acceptors (Lipinski definition) is 13. The number of hydrogen-bond donors (Lipinski definition) is 4. The molecule has 0 bridgehead atoms. The number of anilines is 2. The summed E-state index contributed by atoms with van der Waals surface area (Å²) in [5.41, 5.74) is 0.500. The highest BCUT2D eigenvalue weighted by molar-refractivity contribution is 7.91. The zero-order chi connectivity index (χ0) is 28.7. The van der Waals surface area contributed by atoms with Crippen LogP contribution in [0.5, 0.6) is 11.5 Å². The number of nitrogens with zero attached hydrogens (tertiary/aromatic N) is 2. The van der Waals surface area contributed by atoms with Crippen LogP contribution in [0.25, 0.3) is 0 Å². The quantitative estimate of drug-likeness (QED) is 0.191. The fourth-order valence-electron chi connectivity index (χ4n) is 2.84. The molecule has 0 atom stereocenters. The molecule has 210 valence electrons. The highest BCUT2D eigenvalue weighted by Gasteiger charge is 2.24. The van der Waals surface area contributed by atoms with Crippen molar-refractivity contribution in [3.8, 4) is 11.5 Å². The Morgan fingerprint density at radius 3 is 2.11 bits per heavy atom. The SMILES string of the molecule is COc1cc(S(=O)(=O)CCOS(=O)(=O)O)c(OC)cc1N=Nc1ccc(NCS(=O)(=O)O)cc1NC(C)=O. The van der Waals surface area contributed by atoms with Gasteiger partial charge in [0.2, 0.25) is 5.91 Å². The zero-order valence-corrected chi connectivity index (χ0v) is 22.6. The van der Waals surface area contributed by atoms with E-state index >= 15 is 0 Å². The van der Waals surface area contributed by atoms with Crippen molar-refractivity contribution in [3.63, 3.8) is 0 Å². The number of amides is 1. The van der Waals surface area contributed by atoms with E-state index in [1.807, 2.05) is 0 Å². The summed E-state index contributed by atoms with van der Waals surface area (Å²) in [6.07, 6.45) is 0. The Morgan fingerprint density at radius 1 is 0.921 bits per heavy atom. The molecule has 0 fully saturated rings. The van der Waals surface area contributed by atoms with Gasteiger partial charge in [0.15, 0.2) is 9.84 Å². The molecule has 0 aliphatic heterocycles. The molecule has 0 unspecified atom stereocenters. The minimum Gasteiger partial charge on any atom is -0.495 e. The van der Waals surface area contributed by atoms with Crippen LogP contribution in [0.3, 0.4) is 0 Å². The molecule has 0 saturated carbocycles. The first-order valence-corrected chi connectivity index (χ1v) is 14.8. The summed E-state index contributed by atoms with van der Waals surface area (Å²) in [6, 6.07) is 6.42. The summed E-state index contributed by atoms with van der Waals surface area (Å²) >= 11 is 0. The molecule has 0 saturated heterocycles. The van der Waals surface area contributed by atoms with Crippen molar-refractivity contribution in [2.75, 3.05) is 43.1 Å². The van der Waals surface area contributed by atoms with Crippen LogP contribution in [0, 0.1) is 0 Å². The molecule has 2 rings (SSSR count). The molecule has 0 heterocycles. The summed E-state index contributed by atoms with van der Waals surface area (Å²) in [4.78, 5) is 11.3. The van der Waals surface area contributed by atoms with Crippen molar-refractivity contribution < 1.29 is 52.8 Å². The molecule has 0 aliphatic carbocycles. The van der Waals surface area contributed by atoms with E-state index in [-0.39, 0.29) is 39.1 Å². The largest absolute Gasteiger partial charge is 0.495 e. The van der Waals surface area contributed by atoms with Gasteiger partial charge in [-0.3, -0.25) is 13.9 Å². The van der Waals surface area contributed by atoms with Crippen LogP contribution >= 0.6 is 0 Å². The van der Waals surface area contributed by atoms with Crippen LogP contribution in [0.4, 0.5) is 22.7 Å². The van der Waals surface area contributed by atoms with Gasteiger partial charge < -0.3 is 20.1 Å². The number of carbonyl (C=O) groups is 1. The van der Waals surface area contributed by atoms with Crippen LogP contribution < -0.4 is 20.1 Å². The van der Waals surface area contributed by atoms with Gasteiger partial charge >= 0.3 is 10.4 Å². The van der Waals surface area contributed by atoms with Crippen molar-refractivity contribution in [1.29, 1.82) is 0 Å². The van der Waals surface area contributed by atoms with E-state index in [1.165, 1.54) is 45.4 Å². The van der Waals surface area contributed by atoms with Gasteiger partial charge in [0.1, 0.15) is 33.6 Å². The van der Waals surface area contributed by atoms with E-state index in [1.54, 1.807) is 0 Å². The van der Waals surface area contributed by atoms with E-state index in [0.717, 1.165) is 6.07 Å². The average molecular weight is 597 g/mol. The second-order valence-corrected chi connectivity index (χ2v) is 11.9. The van der Waals surface area contributed by atoms with E-state index < -0.39 is 54.5 Å². The van der Waals surface area contributed by atoms with E-state index in [9.17, 15) is 30.0 Å². The van der Waals surface area contributed by atoms with Gasteiger partial charge in [0.05, 0.1) is 32.3 Å². The maximum Gasteiger partial charge on any atom is 0.397 e. The molecule has 4 N–H and O–H groups in total. The second kappa shape index (κ2) is 12.5. The fourth-order valence-corrected chi connectivity index (χ4v) is 4.85. The van der Waals surface area contributed by atoms with Gasteiger partial charge in [-0.2, -0.15) is 16.8 Å². The molecule has 0 radical (unpaired) electrons. The van der Waals surface area contributed by atoms with Crippen molar-refractivity contribution in [2.45, 2.75) is 11.8 Å². The van der Waals surface area contributed by atoms with Crippen molar-refractivity contribution in [3.05, 3.63) is 30.3 Å². The van der Waals surface area contributed by atoms with E-state index in [0.29, 0.717) is 0 Å². The highest BCUT2D eigenvalue weighted by Crippen LogP contribution is 2.39. The molecule has 0 aromatic heterocycles.